The van der Waals surface area contributed by atoms with Crippen LogP contribution in [0.2, 0.25) is 0 Å². The van der Waals surface area contributed by atoms with Gasteiger partial charge >= 0.3 is 0 Å². The van der Waals surface area contributed by atoms with Crippen molar-refractivity contribution in [2.75, 3.05) is 0 Å². The summed E-state index contributed by atoms with van der Waals surface area (Å²) in [4.78, 5) is 84.7. The Hall–Kier alpha value is -20.8. The zero-order valence-electron chi connectivity index (χ0n) is 80.5. The van der Waals surface area contributed by atoms with Crippen LogP contribution >= 0.6 is 0 Å². The molecule has 0 atom stereocenters. The van der Waals surface area contributed by atoms with Crippen LogP contribution in [0, 0.1) is 0 Å². The van der Waals surface area contributed by atoms with Crippen LogP contribution in [-0.4, -0.2) is 89.7 Å². The molecule has 0 spiro atoms. The number of nitrogens with zero attached hydrogens (tertiary/aromatic N) is 18. The molecule has 0 unspecified atom stereocenters. The van der Waals surface area contributed by atoms with E-state index in [0.29, 0.717) is 63.8 Å². The number of hydrogen-bond donors (Lipinski definition) is 0. The maximum absolute atomic E-state index is 5.21. The summed E-state index contributed by atoms with van der Waals surface area (Å²) >= 11 is 0. The van der Waals surface area contributed by atoms with Crippen molar-refractivity contribution in [1.29, 1.82) is 0 Å². The topological polar surface area (TPSA) is 232 Å². The first kappa shape index (κ1) is 90.5. The summed E-state index contributed by atoms with van der Waals surface area (Å²) in [5, 5.41) is 10.7. The molecule has 0 bridgehead atoms. The van der Waals surface area contributed by atoms with Crippen molar-refractivity contribution in [3.63, 3.8) is 0 Å². The van der Waals surface area contributed by atoms with Gasteiger partial charge in [0.15, 0.2) is 52.4 Å². The normalized spacial score (nSPS) is 11.2. The Labute approximate surface area is 863 Å². The van der Waals surface area contributed by atoms with Crippen LogP contribution in [0.3, 0.4) is 0 Å². The fourth-order valence-electron chi connectivity index (χ4n) is 19.3. The molecule has 0 fully saturated rings. The molecule has 0 saturated carbocycles. The Kier molecular flexibility index (Phi) is 24.7. The molecule has 27 aromatic rings. The molecule has 702 valence electrons. The first-order valence-corrected chi connectivity index (χ1v) is 49.3. The van der Waals surface area contributed by atoms with Gasteiger partial charge in [0.25, 0.3) is 0 Å². The molecule has 15 aromatic carbocycles. The lowest BCUT2D eigenvalue weighted by atomic mass is 9.94. The fourth-order valence-corrected chi connectivity index (χ4v) is 19.3. The first-order valence-electron chi connectivity index (χ1n) is 49.3. The third-order valence-electron chi connectivity index (χ3n) is 26.7. The van der Waals surface area contributed by atoms with Crippen molar-refractivity contribution < 1.29 is 0 Å². The second-order valence-corrected chi connectivity index (χ2v) is 36.1. The molecule has 0 radical (unpaired) electrons. The highest BCUT2D eigenvalue weighted by Crippen LogP contribution is 2.44. The third-order valence-corrected chi connectivity index (χ3v) is 26.7. The molecule has 0 amide bonds. The van der Waals surface area contributed by atoms with Gasteiger partial charge in [-0.2, -0.15) is 0 Å². The van der Waals surface area contributed by atoms with Gasteiger partial charge in [0.05, 0.1) is 33.6 Å². The lowest BCUT2D eigenvalue weighted by Gasteiger charge is -2.14. The van der Waals surface area contributed by atoms with Gasteiger partial charge in [0.2, 0.25) is 0 Å². The van der Waals surface area contributed by atoms with Crippen molar-refractivity contribution in [1.82, 2.24) is 89.7 Å². The zero-order valence-corrected chi connectivity index (χ0v) is 80.5. The van der Waals surface area contributed by atoms with Gasteiger partial charge in [0, 0.05) is 134 Å². The number of benzene rings is 15. The van der Waals surface area contributed by atoms with Crippen LogP contribution < -0.4 is 0 Å². The number of aromatic nitrogens is 18. The van der Waals surface area contributed by atoms with E-state index in [1.54, 1.807) is 62.0 Å². The minimum atomic E-state index is 0.499. The quantitative estimate of drug-likeness (QED) is 0.0727. The Balaban J connectivity index is 0.000000116. The smallest absolute Gasteiger partial charge is 0.182 e. The van der Waals surface area contributed by atoms with Gasteiger partial charge in [-0.25, -0.2) is 59.8 Å². The molecule has 0 aliphatic rings. The zero-order chi connectivity index (χ0) is 99.8. The van der Waals surface area contributed by atoms with Gasteiger partial charge < -0.3 is 0 Å². The van der Waals surface area contributed by atoms with Gasteiger partial charge in [-0.1, -0.05) is 322 Å². The predicted octanol–water partition coefficient (Wildman–Crippen LogP) is 31.1. The Morgan fingerprint density at radius 1 is 0.127 bits per heavy atom. The molecular weight excluding hydrogens is 1840 g/mol. The average molecular weight is 1920 g/mol. The Morgan fingerprint density at radius 2 is 0.387 bits per heavy atom. The summed E-state index contributed by atoms with van der Waals surface area (Å²) in [6, 6.07) is 154. The molecule has 12 heterocycles. The van der Waals surface area contributed by atoms with Crippen LogP contribution in [0.1, 0.15) is 0 Å². The van der Waals surface area contributed by atoms with E-state index in [0.717, 1.165) is 123 Å². The number of fused-ring (bicyclic) bond motifs is 9. The SMILES string of the molecule is c1ccc(-c2cc(-c3cccc(-c4ccc(-c5nc(-c6ccccn6)nc(-c6ccccn6)n5)cc4)c3)nc3ccc4ccccc4c23)cc1.c1ccc(-c2cc(-c3cccc(-c4ccc(-c5nc(-c6cccnc6)nc(-c6cccnc6)n5)cc4)c3)nc3ccc4ccccc4c23)cc1.c1ccc(-c2cc(-c3cccc(-c4ccc(-c5nc(-c6ccncc6)nc(-c6ccncc6)n5)cc4)c3)nc3ccc4ccccc4c23)cc1. The number of hydrogen-bond acceptors (Lipinski definition) is 18. The van der Waals surface area contributed by atoms with E-state index in [9.17, 15) is 0 Å². The molecular formula is C132H84N18. The minimum absolute atomic E-state index is 0.499. The summed E-state index contributed by atoms with van der Waals surface area (Å²) in [5.74, 6) is 5.03. The largest absolute Gasteiger partial charge is 0.265 e. The van der Waals surface area contributed by atoms with Crippen LogP contribution in [-0.2, 0) is 0 Å². The van der Waals surface area contributed by atoms with Crippen LogP contribution in [0.5, 0.6) is 0 Å². The monoisotopic (exact) mass is 1920 g/mol. The highest BCUT2D eigenvalue weighted by Gasteiger charge is 2.23. The van der Waals surface area contributed by atoms with Crippen LogP contribution in [0.15, 0.2) is 511 Å². The molecule has 27 rings (SSSR count). The lowest BCUT2D eigenvalue weighted by Crippen LogP contribution is -2.01. The van der Waals surface area contributed by atoms with Crippen molar-refractivity contribution in [2.24, 2.45) is 0 Å². The van der Waals surface area contributed by atoms with Crippen LogP contribution in [0.25, 0.3) is 268 Å². The Bertz CT molecular complexity index is 8590. The Morgan fingerprint density at radius 3 is 0.693 bits per heavy atom. The van der Waals surface area contributed by atoms with E-state index in [2.05, 4.69) is 394 Å². The van der Waals surface area contributed by atoms with Gasteiger partial charge in [0.1, 0.15) is 11.4 Å². The average Bonchev–Trinajstić information content (AvgIpc) is 0.741. The van der Waals surface area contributed by atoms with E-state index in [-0.39, 0.29) is 0 Å². The molecule has 18 nitrogen and oxygen atoms in total. The van der Waals surface area contributed by atoms with Crippen molar-refractivity contribution in [3.05, 3.63) is 511 Å². The molecule has 0 saturated heterocycles. The molecule has 0 aliphatic carbocycles. The summed E-state index contributed by atoms with van der Waals surface area (Å²) in [5.41, 5.74) is 29.8. The summed E-state index contributed by atoms with van der Waals surface area (Å²) in [7, 11) is 0. The lowest BCUT2D eigenvalue weighted by molar-refractivity contribution is 1.05. The second kappa shape index (κ2) is 40.9. The first-order chi connectivity index (χ1) is 74.3. The second-order valence-electron chi connectivity index (χ2n) is 36.1. The molecule has 12 aromatic heterocycles. The van der Waals surface area contributed by atoms with Crippen molar-refractivity contribution >= 4 is 65.0 Å². The van der Waals surface area contributed by atoms with Gasteiger partial charge in [-0.3, -0.25) is 29.9 Å². The molecule has 18 heteroatoms. The summed E-state index contributed by atoms with van der Waals surface area (Å²) in [6.07, 6.45) is 17.4. The van der Waals surface area contributed by atoms with E-state index in [4.69, 9.17) is 59.8 Å². The third kappa shape index (κ3) is 18.9. The van der Waals surface area contributed by atoms with Gasteiger partial charge in [-0.15, -0.1) is 0 Å². The van der Waals surface area contributed by atoms with Crippen LogP contribution in [0.4, 0.5) is 0 Å². The highest BCUT2D eigenvalue weighted by atomic mass is 15.1. The number of rotatable bonds is 18. The van der Waals surface area contributed by atoms with Gasteiger partial charge in [-0.05, 0) is 226 Å². The van der Waals surface area contributed by atoms with E-state index >= 15 is 0 Å². The molecule has 0 aliphatic heterocycles. The fraction of sp³-hybridized carbons (Fsp3) is 0. The summed E-state index contributed by atoms with van der Waals surface area (Å²) in [6.45, 7) is 0. The standard InChI is InChI=1S/3C44H28N6/c1-2-9-30(10-3-1)38-26-40(47-39-22-21-31-11-4-5-16-37(31)41(38)39)34-13-6-12-33(25-34)29-17-19-32(20-18-29)42-48-43(35-14-7-23-45-27-35)50-44(49-42)36-15-8-24-46-28-36;1-2-11-30(12-3-1)36-28-40(47-37-24-23-31-13-4-5-16-35(31)41(36)37)34-15-10-14-33(27-34)29-19-21-32(22-20-29)42-48-43(38-17-6-8-25-45-38)50-44(49-42)39-18-7-9-26-46-39;1-2-7-30(8-3-1)38-28-40(47-39-18-17-31-9-4-5-12-37(31)41(38)39)36-11-6-10-35(27-36)29-13-15-32(16-14-29)42-48-43(33-19-23-45-24-20-33)50-44(49-42)34-21-25-46-26-22-34/h3*1-28H. The molecule has 0 N–H and O–H groups in total. The van der Waals surface area contributed by atoms with E-state index in [1.807, 2.05) is 84.9 Å². The maximum Gasteiger partial charge on any atom is 0.182 e. The predicted molar refractivity (Wildman–Crippen MR) is 603 cm³/mol. The van der Waals surface area contributed by atoms with E-state index in [1.165, 1.54) is 81.9 Å². The maximum atomic E-state index is 5.21. The molecule has 150 heavy (non-hydrogen) atoms. The number of pyridine rings is 9. The summed E-state index contributed by atoms with van der Waals surface area (Å²) < 4.78 is 0. The highest BCUT2D eigenvalue weighted by molar-refractivity contribution is 6.17. The minimum Gasteiger partial charge on any atom is -0.265 e. The van der Waals surface area contributed by atoms with Crippen molar-refractivity contribution in [2.45, 2.75) is 0 Å². The van der Waals surface area contributed by atoms with Crippen molar-refractivity contribution in [3.8, 4) is 203 Å². The van der Waals surface area contributed by atoms with E-state index < -0.39 is 0 Å².